The third kappa shape index (κ3) is 3.13. The van der Waals surface area contributed by atoms with Crippen molar-refractivity contribution in [1.29, 1.82) is 0 Å². The molecule has 1 rings (SSSR count). The average Bonchev–Trinajstić information content (AvgIpc) is 2.28. The Hall–Kier alpha value is -1.22. The summed E-state index contributed by atoms with van der Waals surface area (Å²) < 4.78 is 10.5. The highest BCUT2D eigenvalue weighted by Crippen LogP contribution is 2.25. The van der Waals surface area contributed by atoms with Crippen LogP contribution in [0.1, 0.15) is 18.9 Å². The van der Waals surface area contributed by atoms with Crippen LogP contribution in [0.4, 0.5) is 0 Å². The van der Waals surface area contributed by atoms with E-state index in [2.05, 4.69) is 6.92 Å². The van der Waals surface area contributed by atoms with Crippen LogP contribution in [0.25, 0.3) is 0 Å². The van der Waals surface area contributed by atoms with E-state index in [4.69, 9.17) is 15.2 Å². The molecule has 0 spiro atoms. The second kappa shape index (κ2) is 5.61. The van der Waals surface area contributed by atoms with Gasteiger partial charge >= 0.3 is 0 Å². The van der Waals surface area contributed by atoms with E-state index in [9.17, 15) is 0 Å². The van der Waals surface area contributed by atoms with Gasteiger partial charge in [0.1, 0.15) is 11.5 Å². The minimum atomic E-state index is 0.172. The molecule has 1 atom stereocenters. The maximum atomic E-state index is 5.92. The maximum absolute atomic E-state index is 5.92. The number of ether oxygens (including phenoxy) is 2. The highest BCUT2D eigenvalue weighted by molar-refractivity contribution is 5.40. The summed E-state index contributed by atoms with van der Waals surface area (Å²) in [6.45, 7) is 2.08. The molecule has 0 aliphatic carbocycles. The van der Waals surface area contributed by atoms with E-state index in [1.165, 1.54) is 0 Å². The van der Waals surface area contributed by atoms with Crippen LogP contribution in [0.2, 0.25) is 0 Å². The van der Waals surface area contributed by atoms with Gasteiger partial charge < -0.3 is 15.2 Å². The van der Waals surface area contributed by atoms with Gasteiger partial charge in [-0.25, -0.2) is 0 Å². The lowest BCUT2D eigenvalue weighted by atomic mass is 10.0. The summed E-state index contributed by atoms with van der Waals surface area (Å²) in [4.78, 5) is 0. The SMILES string of the molecule is CCC(N)Cc1cc(OC)ccc1OC. The molecule has 2 N–H and O–H groups in total. The van der Waals surface area contributed by atoms with Gasteiger partial charge in [0.25, 0.3) is 0 Å². The third-order valence-corrected chi connectivity index (χ3v) is 2.49. The fourth-order valence-corrected chi connectivity index (χ4v) is 1.47. The summed E-state index contributed by atoms with van der Waals surface area (Å²) in [5.74, 6) is 1.72. The van der Waals surface area contributed by atoms with Crippen molar-refractivity contribution in [3.63, 3.8) is 0 Å². The maximum Gasteiger partial charge on any atom is 0.122 e. The molecule has 1 unspecified atom stereocenters. The number of nitrogens with two attached hydrogens (primary N) is 1. The summed E-state index contributed by atoms with van der Waals surface area (Å²) in [6.07, 6.45) is 1.78. The zero-order valence-electron chi connectivity index (χ0n) is 9.62. The van der Waals surface area contributed by atoms with Crippen LogP contribution in [-0.2, 0) is 6.42 Å². The Bertz CT molecular complexity index is 312. The van der Waals surface area contributed by atoms with Crippen molar-refractivity contribution in [3.8, 4) is 11.5 Å². The van der Waals surface area contributed by atoms with Gasteiger partial charge in [0, 0.05) is 6.04 Å². The second-order valence-corrected chi connectivity index (χ2v) is 3.55. The van der Waals surface area contributed by atoms with Crippen molar-refractivity contribution in [1.82, 2.24) is 0 Å². The first-order chi connectivity index (χ1) is 7.21. The molecule has 15 heavy (non-hydrogen) atoms. The van der Waals surface area contributed by atoms with Gasteiger partial charge in [-0.15, -0.1) is 0 Å². The van der Waals surface area contributed by atoms with E-state index in [1.807, 2.05) is 18.2 Å². The van der Waals surface area contributed by atoms with Gasteiger partial charge in [0.15, 0.2) is 0 Å². The summed E-state index contributed by atoms with van der Waals surface area (Å²) >= 11 is 0. The van der Waals surface area contributed by atoms with Gasteiger partial charge in [-0.2, -0.15) is 0 Å². The summed E-state index contributed by atoms with van der Waals surface area (Å²) in [7, 11) is 3.33. The molecule has 0 saturated carbocycles. The van der Waals surface area contributed by atoms with Crippen LogP contribution in [-0.4, -0.2) is 20.3 Å². The van der Waals surface area contributed by atoms with Gasteiger partial charge in [-0.1, -0.05) is 6.92 Å². The highest BCUT2D eigenvalue weighted by atomic mass is 16.5. The highest BCUT2D eigenvalue weighted by Gasteiger charge is 2.08. The van der Waals surface area contributed by atoms with Crippen LogP contribution in [0.5, 0.6) is 11.5 Å². The predicted octanol–water partition coefficient (Wildman–Crippen LogP) is 1.98. The fourth-order valence-electron chi connectivity index (χ4n) is 1.47. The minimum Gasteiger partial charge on any atom is -0.497 e. The molecule has 0 bridgehead atoms. The molecule has 1 aromatic carbocycles. The molecular formula is C12H19NO2. The van der Waals surface area contributed by atoms with E-state index >= 15 is 0 Å². The first kappa shape index (κ1) is 11.9. The van der Waals surface area contributed by atoms with Gasteiger partial charge in [0.05, 0.1) is 14.2 Å². The molecule has 3 nitrogen and oxygen atoms in total. The summed E-state index contributed by atoms with van der Waals surface area (Å²) in [5, 5.41) is 0. The second-order valence-electron chi connectivity index (χ2n) is 3.55. The Kier molecular flexibility index (Phi) is 4.43. The molecular weight excluding hydrogens is 190 g/mol. The molecule has 0 aliphatic heterocycles. The summed E-state index contributed by atoms with van der Waals surface area (Å²) in [5.41, 5.74) is 7.03. The van der Waals surface area contributed by atoms with Crippen LogP contribution in [0.15, 0.2) is 18.2 Å². The Morgan fingerprint density at radius 3 is 2.53 bits per heavy atom. The van der Waals surface area contributed by atoms with Crippen molar-refractivity contribution in [2.75, 3.05) is 14.2 Å². The Morgan fingerprint density at radius 2 is 2.00 bits per heavy atom. The lowest BCUT2D eigenvalue weighted by Crippen LogP contribution is -2.21. The van der Waals surface area contributed by atoms with E-state index in [0.29, 0.717) is 0 Å². The molecule has 0 saturated heterocycles. The predicted molar refractivity (Wildman–Crippen MR) is 61.5 cm³/mol. The quantitative estimate of drug-likeness (QED) is 0.806. The number of benzene rings is 1. The van der Waals surface area contributed by atoms with Crippen LogP contribution < -0.4 is 15.2 Å². The smallest absolute Gasteiger partial charge is 0.122 e. The van der Waals surface area contributed by atoms with Crippen molar-refractivity contribution in [2.24, 2.45) is 5.73 Å². The molecule has 1 aromatic rings. The van der Waals surface area contributed by atoms with Crippen molar-refractivity contribution >= 4 is 0 Å². The Balaban J connectivity index is 2.90. The monoisotopic (exact) mass is 209 g/mol. The topological polar surface area (TPSA) is 44.5 Å². The summed E-state index contributed by atoms with van der Waals surface area (Å²) in [6, 6.07) is 5.95. The Labute approximate surface area is 91.2 Å². The molecule has 3 heteroatoms. The molecule has 0 fully saturated rings. The molecule has 0 aromatic heterocycles. The fraction of sp³-hybridized carbons (Fsp3) is 0.500. The standard InChI is InChI=1S/C12H19NO2/c1-4-10(13)7-9-8-11(14-2)5-6-12(9)15-3/h5-6,8,10H,4,7,13H2,1-3H3. The lowest BCUT2D eigenvalue weighted by Gasteiger charge is -2.13. The van der Waals surface area contributed by atoms with Gasteiger partial charge in [-0.3, -0.25) is 0 Å². The van der Waals surface area contributed by atoms with Gasteiger partial charge in [-0.05, 0) is 36.6 Å². The van der Waals surface area contributed by atoms with Crippen LogP contribution in [0, 0.1) is 0 Å². The lowest BCUT2D eigenvalue weighted by molar-refractivity contribution is 0.397. The Morgan fingerprint density at radius 1 is 1.27 bits per heavy atom. The van der Waals surface area contributed by atoms with E-state index in [0.717, 1.165) is 29.9 Å². The number of hydrogen-bond donors (Lipinski definition) is 1. The van der Waals surface area contributed by atoms with E-state index < -0.39 is 0 Å². The van der Waals surface area contributed by atoms with Crippen LogP contribution in [0.3, 0.4) is 0 Å². The first-order valence-corrected chi connectivity index (χ1v) is 5.17. The molecule has 0 aliphatic rings. The largest absolute Gasteiger partial charge is 0.497 e. The third-order valence-electron chi connectivity index (χ3n) is 2.49. The van der Waals surface area contributed by atoms with Crippen molar-refractivity contribution < 1.29 is 9.47 Å². The first-order valence-electron chi connectivity index (χ1n) is 5.17. The zero-order valence-corrected chi connectivity index (χ0v) is 9.62. The van der Waals surface area contributed by atoms with Crippen molar-refractivity contribution in [3.05, 3.63) is 23.8 Å². The molecule has 0 amide bonds. The molecule has 0 heterocycles. The van der Waals surface area contributed by atoms with E-state index in [-0.39, 0.29) is 6.04 Å². The number of rotatable bonds is 5. The molecule has 84 valence electrons. The minimum absolute atomic E-state index is 0.172. The van der Waals surface area contributed by atoms with E-state index in [1.54, 1.807) is 14.2 Å². The van der Waals surface area contributed by atoms with Crippen molar-refractivity contribution in [2.45, 2.75) is 25.8 Å². The number of hydrogen-bond acceptors (Lipinski definition) is 3. The molecule has 0 radical (unpaired) electrons. The number of methoxy groups -OCH3 is 2. The zero-order chi connectivity index (χ0) is 11.3. The van der Waals surface area contributed by atoms with Gasteiger partial charge in [0.2, 0.25) is 0 Å². The normalized spacial score (nSPS) is 12.3. The average molecular weight is 209 g/mol. The van der Waals surface area contributed by atoms with Crippen LogP contribution >= 0.6 is 0 Å².